The van der Waals surface area contributed by atoms with Gasteiger partial charge in [-0.2, -0.15) is 0 Å². The molecular weight excluding hydrogens is 340 g/mol. The number of ether oxygens (including phenoxy) is 1. The fourth-order valence-electron chi connectivity index (χ4n) is 2.92. The van der Waals surface area contributed by atoms with Gasteiger partial charge in [0, 0.05) is 36.6 Å². The SMILES string of the molecule is COc1ccc(NC(=O)C2CCN(c3nccc(C)n3)CC2)cc1Cl. The molecule has 1 aromatic heterocycles. The molecule has 0 unspecified atom stereocenters. The Bertz CT molecular complexity index is 760. The molecule has 1 saturated heterocycles. The van der Waals surface area contributed by atoms with E-state index in [1.54, 1.807) is 31.5 Å². The van der Waals surface area contributed by atoms with Crippen LogP contribution >= 0.6 is 11.6 Å². The molecule has 1 fully saturated rings. The van der Waals surface area contributed by atoms with Crippen LogP contribution in [0.4, 0.5) is 11.6 Å². The average molecular weight is 361 g/mol. The van der Waals surface area contributed by atoms with E-state index in [1.165, 1.54) is 0 Å². The maximum absolute atomic E-state index is 12.5. The van der Waals surface area contributed by atoms with E-state index in [2.05, 4.69) is 20.2 Å². The van der Waals surface area contributed by atoms with Crippen molar-refractivity contribution in [2.24, 2.45) is 5.92 Å². The zero-order chi connectivity index (χ0) is 17.8. The molecule has 25 heavy (non-hydrogen) atoms. The number of carbonyl (C=O) groups is 1. The molecule has 0 aliphatic carbocycles. The van der Waals surface area contributed by atoms with Crippen molar-refractivity contribution in [1.29, 1.82) is 0 Å². The first-order valence-electron chi connectivity index (χ1n) is 8.26. The Morgan fingerprint density at radius 3 is 2.72 bits per heavy atom. The van der Waals surface area contributed by atoms with Gasteiger partial charge in [0.15, 0.2) is 0 Å². The molecule has 1 aliphatic rings. The van der Waals surface area contributed by atoms with E-state index in [9.17, 15) is 4.79 Å². The Balaban J connectivity index is 1.57. The lowest BCUT2D eigenvalue weighted by Crippen LogP contribution is -2.39. The number of nitrogens with zero attached hydrogens (tertiary/aromatic N) is 3. The Labute approximate surface area is 152 Å². The lowest BCUT2D eigenvalue weighted by Gasteiger charge is -2.31. The highest BCUT2D eigenvalue weighted by Gasteiger charge is 2.26. The van der Waals surface area contributed by atoms with E-state index in [0.717, 1.165) is 37.6 Å². The van der Waals surface area contributed by atoms with Crippen LogP contribution in [0.2, 0.25) is 5.02 Å². The number of carbonyl (C=O) groups excluding carboxylic acids is 1. The molecular formula is C18H21ClN4O2. The number of anilines is 2. The van der Waals surface area contributed by atoms with Gasteiger partial charge in [-0.1, -0.05) is 11.6 Å². The van der Waals surface area contributed by atoms with E-state index < -0.39 is 0 Å². The van der Waals surface area contributed by atoms with Gasteiger partial charge in [0.1, 0.15) is 5.75 Å². The number of halogens is 1. The van der Waals surface area contributed by atoms with Crippen molar-refractivity contribution in [3.8, 4) is 5.75 Å². The lowest BCUT2D eigenvalue weighted by molar-refractivity contribution is -0.120. The molecule has 1 aliphatic heterocycles. The minimum Gasteiger partial charge on any atom is -0.495 e. The topological polar surface area (TPSA) is 67.3 Å². The quantitative estimate of drug-likeness (QED) is 0.906. The maximum atomic E-state index is 12.5. The van der Waals surface area contributed by atoms with Crippen molar-refractivity contribution >= 4 is 29.1 Å². The second kappa shape index (κ2) is 7.70. The first kappa shape index (κ1) is 17.5. The fraction of sp³-hybridized carbons (Fsp3) is 0.389. The average Bonchev–Trinajstić information content (AvgIpc) is 2.62. The fourth-order valence-corrected chi connectivity index (χ4v) is 3.18. The number of piperidine rings is 1. The van der Waals surface area contributed by atoms with Gasteiger partial charge in [-0.25, -0.2) is 9.97 Å². The van der Waals surface area contributed by atoms with Crippen LogP contribution in [0.1, 0.15) is 18.5 Å². The Hall–Kier alpha value is -2.34. The summed E-state index contributed by atoms with van der Waals surface area (Å²) in [4.78, 5) is 23.4. The number of hydrogen-bond acceptors (Lipinski definition) is 5. The molecule has 0 saturated carbocycles. The van der Waals surface area contributed by atoms with Crippen LogP contribution in [-0.2, 0) is 4.79 Å². The van der Waals surface area contributed by atoms with Gasteiger partial charge in [0.25, 0.3) is 0 Å². The van der Waals surface area contributed by atoms with E-state index in [4.69, 9.17) is 16.3 Å². The maximum Gasteiger partial charge on any atom is 0.227 e. The van der Waals surface area contributed by atoms with Gasteiger partial charge in [-0.3, -0.25) is 4.79 Å². The normalized spacial score (nSPS) is 15.1. The zero-order valence-electron chi connectivity index (χ0n) is 14.3. The lowest BCUT2D eigenvalue weighted by atomic mass is 9.96. The van der Waals surface area contributed by atoms with Gasteiger partial charge in [-0.05, 0) is 44.0 Å². The zero-order valence-corrected chi connectivity index (χ0v) is 15.1. The molecule has 0 bridgehead atoms. The van der Waals surface area contributed by atoms with Gasteiger partial charge >= 0.3 is 0 Å². The molecule has 1 N–H and O–H groups in total. The largest absolute Gasteiger partial charge is 0.495 e. The van der Waals surface area contributed by atoms with Crippen LogP contribution in [0.5, 0.6) is 5.75 Å². The van der Waals surface area contributed by atoms with E-state index in [1.807, 2.05) is 13.0 Å². The van der Waals surface area contributed by atoms with E-state index >= 15 is 0 Å². The van der Waals surface area contributed by atoms with Crippen molar-refractivity contribution in [2.45, 2.75) is 19.8 Å². The molecule has 132 valence electrons. The highest BCUT2D eigenvalue weighted by Crippen LogP contribution is 2.28. The van der Waals surface area contributed by atoms with Crippen molar-refractivity contribution in [2.75, 3.05) is 30.4 Å². The number of aromatic nitrogens is 2. The van der Waals surface area contributed by atoms with Crippen LogP contribution in [0, 0.1) is 12.8 Å². The molecule has 6 nitrogen and oxygen atoms in total. The summed E-state index contributed by atoms with van der Waals surface area (Å²) in [7, 11) is 1.56. The predicted octanol–water partition coefficient (Wildman–Crippen LogP) is 3.30. The second-order valence-corrected chi connectivity index (χ2v) is 6.51. The molecule has 1 amide bonds. The summed E-state index contributed by atoms with van der Waals surface area (Å²) in [5.41, 5.74) is 1.63. The van der Waals surface area contributed by atoms with Gasteiger partial charge in [0.2, 0.25) is 11.9 Å². The van der Waals surface area contributed by atoms with E-state index in [0.29, 0.717) is 16.5 Å². The number of hydrogen-bond donors (Lipinski definition) is 1. The monoisotopic (exact) mass is 360 g/mol. The number of rotatable bonds is 4. The Morgan fingerprint density at radius 2 is 2.08 bits per heavy atom. The highest BCUT2D eigenvalue weighted by molar-refractivity contribution is 6.32. The molecule has 7 heteroatoms. The first-order chi connectivity index (χ1) is 12.1. The van der Waals surface area contributed by atoms with Crippen molar-refractivity contribution in [3.63, 3.8) is 0 Å². The van der Waals surface area contributed by atoms with E-state index in [-0.39, 0.29) is 11.8 Å². The molecule has 3 rings (SSSR count). The number of benzene rings is 1. The second-order valence-electron chi connectivity index (χ2n) is 6.10. The first-order valence-corrected chi connectivity index (χ1v) is 8.63. The van der Waals surface area contributed by atoms with Crippen molar-refractivity contribution in [1.82, 2.24) is 9.97 Å². The highest BCUT2D eigenvalue weighted by atomic mass is 35.5. The summed E-state index contributed by atoms with van der Waals surface area (Å²) in [6, 6.07) is 7.12. The summed E-state index contributed by atoms with van der Waals surface area (Å²) in [5.74, 6) is 1.32. The summed E-state index contributed by atoms with van der Waals surface area (Å²) < 4.78 is 5.12. The van der Waals surface area contributed by atoms with Crippen molar-refractivity contribution < 1.29 is 9.53 Å². The molecule has 2 aromatic rings. The third-order valence-electron chi connectivity index (χ3n) is 4.35. The minimum absolute atomic E-state index is 0.0195. The summed E-state index contributed by atoms with van der Waals surface area (Å²) in [5, 5.41) is 3.42. The smallest absolute Gasteiger partial charge is 0.227 e. The predicted molar refractivity (Wildman–Crippen MR) is 98.3 cm³/mol. The summed E-state index contributed by atoms with van der Waals surface area (Å²) in [6.45, 7) is 3.49. The van der Waals surface area contributed by atoms with Crippen LogP contribution < -0.4 is 15.0 Å². The minimum atomic E-state index is -0.0260. The van der Waals surface area contributed by atoms with Gasteiger partial charge < -0.3 is 15.0 Å². The molecule has 0 atom stereocenters. The molecule has 1 aromatic carbocycles. The standard InChI is InChI=1S/C18H21ClN4O2/c1-12-5-8-20-18(21-12)23-9-6-13(7-10-23)17(24)22-14-3-4-16(25-2)15(19)11-14/h3-5,8,11,13H,6-7,9-10H2,1-2H3,(H,22,24). The molecule has 0 radical (unpaired) electrons. The number of nitrogens with one attached hydrogen (secondary N) is 1. The van der Waals surface area contributed by atoms with Gasteiger partial charge in [0.05, 0.1) is 12.1 Å². The summed E-state index contributed by atoms with van der Waals surface area (Å²) >= 11 is 6.10. The summed E-state index contributed by atoms with van der Waals surface area (Å²) in [6.07, 6.45) is 3.31. The molecule has 0 spiro atoms. The van der Waals surface area contributed by atoms with Crippen LogP contribution in [-0.4, -0.2) is 36.1 Å². The Kier molecular flexibility index (Phi) is 5.38. The van der Waals surface area contributed by atoms with Gasteiger partial charge in [-0.15, -0.1) is 0 Å². The number of aryl methyl sites for hydroxylation is 1. The third-order valence-corrected chi connectivity index (χ3v) is 4.65. The Morgan fingerprint density at radius 1 is 1.32 bits per heavy atom. The molecule has 2 heterocycles. The van der Waals surface area contributed by atoms with Crippen LogP contribution in [0.3, 0.4) is 0 Å². The van der Waals surface area contributed by atoms with Crippen LogP contribution in [0.15, 0.2) is 30.5 Å². The third kappa shape index (κ3) is 4.20. The van der Waals surface area contributed by atoms with Crippen molar-refractivity contribution in [3.05, 3.63) is 41.2 Å². The van der Waals surface area contributed by atoms with Crippen LogP contribution in [0.25, 0.3) is 0 Å². The number of methoxy groups -OCH3 is 1. The number of amides is 1.